The van der Waals surface area contributed by atoms with Crippen molar-refractivity contribution in [3.05, 3.63) is 0 Å². The summed E-state index contributed by atoms with van der Waals surface area (Å²) in [5.74, 6) is -2.66. The predicted molar refractivity (Wildman–Crippen MR) is 112 cm³/mol. The summed E-state index contributed by atoms with van der Waals surface area (Å²) in [6.45, 7) is 2.19. The van der Waals surface area contributed by atoms with E-state index in [1.807, 2.05) is 0 Å². The number of aliphatic carboxylic acids is 1. The van der Waals surface area contributed by atoms with E-state index in [1.54, 1.807) is 0 Å². The van der Waals surface area contributed by atoms with E-state index in [-0.39, 0.29) is 44.5 Å². The van der Waals surface area contributed by atoms with Gasteiger partial charge in [0.2, 0.25) is 11.8 Å². The van der Waals surface area contributed by atoms with Crippen LogP contribution in [-0.4, -0.2) is 80.2 Å². The van der Waals surface area contributed by atoms with Crippen molar-refractivity contribution in [2.75, 3.05) is 25.4 Å². The van der Waals surface area contributed by atoms with Crippen LogP contribution in [0.5, 0.6) is 0 Å². The van der Waals surface area contributed by atoms with Crippen molar-refractivity contribution in [2.24, 2.45) is 5.41 Å². The van der Waals surface area contributed by atoms with Crippen LogP contribution in [0.2, 0.25) is 0 Å². The van der Waals surface area contributed by atoms with Crippen LogP contribution in [0, 0.1) is 5.41 Å². The number of ketones is 1. The second-order valence-electron chi connectivity index (χ2n) is 7.38. The van der Waals surface area contributed by atoms with Crippen LogP contribution in [0.1, 0.15) is 39.5 Å². The van der Waals surface area contributed by atoms with Crippen LogP contribution in [0.15, 0.2) is 0 Å². The molecule has 32 heavy (non-hydrogen) atoms. The van der Waals surface area contributed by atoms with Gasteiger partial charge < -0.3 is 30.6 Å². The highest BCUT2D eigenvalue weighted by atomic mass is 32.2. The lowest BCUT2D eigenvalue weighted by molar-refractivity contribution is -0.139. The highest BCUT2D eigenvalue weighted by Crippen LogP contribution is 2.38. The average molecular weight is 500 g/mol. The van der Waals surface area contributed by atoms with Crippen molar-refractivity contribution in [3.8, 4) is 0 Å². The second-order valence-corrected chi connectivity index (χ2v) is 9.77. The third-order valence-corrected chi connectivity index (χ3v) is 5.23. The Morgan fingerprint density at radius 2 is 1.66 bits per heavy atom. The van der Waals surface area contributed by atoms with Crippen LogP contribution in [-0.2, 0) is 33.1 Å². The molecule has 184 valence electrons. The van der Waals surface area contributed by atoms with Gasteiger partial charge in [0.1, 0.15) is 11.9 Å². The smallest absolute Gasteiger partial charge is 0.469 e. The first-order valence-corrected chi connectivity index (χ1v) is 12.0. The molecule has 2 amide bonds. The van der Waals surface area contributed by atoms with Gasteiger partial charge in [0.25, 0.3) is 0 Å². The number of carbonyl (C=O) groups is 5. The van der Waals surface area contributed by atoms with Crippen molar-refractivity contribution in [1.29, 1.82) is 0 Å². The van der Waals surface area contributed by atoms with Gasteiger partial charge in [-0.15, -0.1) is 0 Å². The Kier molecular flexibility index (Phi) is 13.5. The molecule has 0 saturated carbocycles. The molecule has 15 heteroatoms. The van der Waals surface area contributed by atoms with Crippen LogP contribution < -0.4 is 10.6 Å². The van der Waals surface area contributed by atoms with Crippen molar-refractivity contribution in [2.45, 2.75) is 45.6 Å². The fourth-order valence-corrected chi connectivity index (χ4v) is 3.27. The van der Waals surface area contributed by atoms with Gasteiger partial charge in [-0.05, 0) is 0 Å². The summed E-state index contributed by atoms with van der Waals surface area (Å²) in [5.41, 5.74) is -1.30. The molecule has 0 rings (SSSR count). The first-order valence-electron chi connectivity index (χ1n) is 9.45. The van der Waals surface area contributed by atoms with Crippen LogP contribution in [0.4, 0.5) is 0 Å². The molecule has 0 aliphatic rings. The maximum absolute atomic E-state index is 12.0. The third-order valence-electron chi connectivity index (χ3n) is 3.89. The lowest BCUT2D eigenvalue weighted by atomic mass is 9.87. The van der Waals surface area contributed by atoms with Gasteiger partial charge in [-0.1, -0.05) is 25.6 Å². The van der Waals surface area contributed by atoms with Gasteiger partial charge >= 0.3 is 13.8 Å². The van der Waals surface area contributed by atoms with Crippen molar-refractivity contribution in [1.82, 2.24) is 10.6 Å². The number of carbonyl (C=O) groups excluding carboxylic acids is 4. The summed E-state index contributed by atoms with van der Waals surface area (Å²) in [7, 11) is -4.76. The SMILES string of the molecule is CC(C)(COP(=O)(O)O)C(O)C(=O)NCCC(=O)NCCSC(=O)CC(=O)CCC(=O)O. The molecular formula is C17H29N2O11PS. The Morgan fingerprint density at radius 3 is 2.22 bits per heavy atom. The molecule has 0 heterocycles. The molecule has 1 unspecified atom stereocenters. The molecule has 0 radical (unpaired) electrons. The lowest BCUT2D eigenvalue weighted by Gasteiger charge is -2.29. The molecule has 0 aromatic carbocycles. The Bertz CT molecular complexity index is 738. The van der Waals surface area contributed by atoms with Gasteiger partial charge in [-0.25, -0.2) is 4.57 Å². The van der Waals surface area contributed by atoms with E-state index in [0.29, 0.717) is 0 Å². The number of aliphatic hydroxyl groups excluding tert-OH is 1. The molecule has 13 nitrogen and oxygen atoms in total. The van der Waals surface area contributed by atoms with E-state index in [2.05, 4.69) is 15.2 Å². The Labute approximate surface area is 188 Å². The Balaban J connectivity index is 4.06. The highest BCUT2D eigenvalue weighted by molar-refractivity contribution is 8.13. The quantitative estimate of drug-likeness (QED) is 0.0871. The summed E-state index contributed by atoms with van der Waals surface area (Å²) in [5, 5.41) is 22.9. The normalized spacial score (nSPS) is 12.7. The first-order chi connectivity index (χ1) is 14.6. The largest absolute Gasteiger partial charge is 0.481 e. The van der Waals surface area contributed by atoms with Crippen molar-refractivity contribution in [3.63, 3.8) is 0 Å². The van der Waals surface area contributed by atoms with E-state index < -0.39 is 54.6 Å². The van der Waals surface area contributed by atoms with E-state index in [0.717, 1.165) is 11.8 Å². The minimum Gasteiger partial charge on any atom is -0.481 e. The minimum atomic E-state index is -4.76. The number of rotatable bonds is 16. The van der Waals surface area contributed by atoms with Crippen molar-refractivity contribution >= 4 is 48.3 Å². The molecule has 0 aromatic rings. The number of phosphoric ester groups is 1. The van der Waals surface area contributed by atoms with E-state index in [4.69, 9.17) is 14.9 Å². The number of phosphoric acid groups is 1. The number of aliphatic hydroxyl groups is 1. The molecule has 0 spiro atoms. The summed E-state index contributed by atoms with van der Waals surface area (Å²) in [6, 6.07) is 0. The third kappa shape index (κ3) is 15.1. The molecule has 0 saturated heterocycles. The number of hydrogen-bond donors (Lipinski definition) is 6. The summed E-state index contributed by atoms with van der Waals surface area (Å²) in [6.07, 6.45) is -2.69. The fraction of sp³-hybridized carbons (Fsp3) is 0.706. The van der Waals surface area contributed by atoms with E-state index in [1.165, 1.54) is 13.8 Å². The van der Waals surface area contributed by atoms with Gasteiger partial charge in [0.15, 0.2) is 5.12 Å². The van der Waals surface area contributed by atoms with Gasteiger partial charge in [0.05, 0.1) is 19.4 Å². The minimum absolute atomic E-state index is 0.110. The molecule has 0 aliphatic heterocycles. The molecule has 0 aliphatic carbocycles. The number of carboxylic acid groups (broad SMARTS) is 1. The van der Waals surface area contributed by atoms with E-state index >= 15 is 0 Å². The monoisotopic (exact) mass is 500 g/mol. The number of thioether (sulfide) groups is 1. The van der Waals surface area contributed by atoms with Crippen molar-refractivity contribution < 1.29 is 53.1 Å². The van der Waals surface area contributed by atoms with E-state index in [9.17, 15) is 33.6 Å². The van der Waals surface area contributed by atoms with Crippen LogP contribution in [0.3, 0.4) is 0 Å². The number of amides is 2. The Hall–Kier alpha value is -1.83. The molecule has 0 aromatic heterocycles. The molecular weight excluding hydrogens is 471 g/mol. The number of nitrogens with one attached hydrogen (secondary N) is 2. The van der Waals surface area contributed by atoms with Crippen LogP contribution >= 0.6 is 19.6 Å². The number of carboxylic acids is 1. The average Bonchev–Trinajstić information content (AvgIpc) is 2.67. The maximum Gasteiger partial charge on any atom is 0.469 e. The maximum atomic E-state index is 12.0. The van der Waals surface area contributed by atoms with Gasteiger partial charge in [-0.2, -0.15) is 0 Å². The summed E-state index contributed by atoms with van der Waals surface area (Å²) < 4.78 is 15.1. The molecule has 6 N–H and O–H groups in total. The highest BCUT2D eigenvalue weighted by Gasteiger charge is 2.35. The first kappa shape index (κ1) is 30.2. The zero-order valence-electron chi connectivity index (χ0n) is 17.7. The lowest BCUT2D eigenvalue weighted by Crippen LogP contribution is -2.46. The number of hydrogen-bond acceptors (Lipinski definition) is 9. The zero-order chi connectivity index (χ0) is 24.9. The zero-order valence-corrected chi connectivity index (χ0v) is 19.4. The second kappa shape index (κ2) is 14.3. The number of Topliss-reactive ketones (excluding diaryl/α,β-unsaturated/α-hetero) is 1. The fourth-order valence-electron chi connectivity index (χ4n) is 2.07. The molecule has 0 bridgehead atoms. The standard InChI is InChI=1S/C17H29N2O11PS/c1-17(2,10-30-31(27,28)29)15(25)16(26)19-6-5-12(21)18-7-8-32-14(24)9-11(20)3-4-13(22)23/h15,25H,3-10H2,1-2H3,(H,18,21)(H,19,26)(H,22,23)(H2,27,28,29). The van der Waals surface area contributed by atoms with Gasteiger partial charge in [-0.3, -0.25) is 28.5 Å². The predicted octanol–water partition coefficient (Wildman–Crippen LogP) is -0.811. The van der Waals surface area contributed by atoms with Gasteiger partial charge in [0, 0.05) is 37.1 Å². The summed E-state index contributed by atoms with van der Waals surface area (Å²) >= 11 is 0.831. The molecule has 1 atom stereocenters. The summed E-state index contributed by atoms with van der Waals surface area (Å²) in [4.78, 5) is 74.5. The Morgan fingerprint density at radius 1 is 1.03 bits per heavy atom. The topological polar surface area (TPSA) is 217 Å². The van der Waals surface area contributed by atoms with Crippen LogP contribution in [0.25, 0.3) is 0 Å². The molecule has 0 fully saturated rings.